The highest BCUT2D eigenvalue weighted by molar-refractivity contribution is 7.23. The van der Waals surface area contributed by atoms with Crippen LogP contribution in [0.5, 0.6) is 11.5 Å². The molecular weight excluding hydrogens is 438 g/mol. The average molecular weight is 468 g/mol. The minimum atomic E-state index is 0.0847. The predicted molar refractivity (Wildman–Crippen MR) is 144 cm³/mol. The molecule has 6 rings (SSSR count). The Kier molecular flexibility index (Phi) is 4.47. The molecular formula is C30H29NO2S. The number of fused-ring (bicyclic) bond motifs is 6. The summed E-state index contributed by atoms with van der Waals surface area (Å²) in [6.45, 7) is 15.4. The molecule has 0 unspecified atom stereocenters. The van der Waals surface area contributed by atoms with E-state index >= 15 is 0 Å². The average Bonchev–Trinajstić information content (AvgIpc) is 3.30. The smallest absolute Gasteiger partial charge is 0.250 e. The molecule has 172 valence electrons. The van der Waals surface area contributed by atoms with Crippen molar-refractivity contribution >= 4 is 49.0 Å². The summed E-state index contributed by atoms with van der Waals surface area (Å²) in [5.74, 6) is 2.47. The molecule has 3 heterocycles. The lowest BCUT2D eigenvalue weighted by Gasteiger charge is -2.31. The molecule has 0 saturated heterocycles. The fourth-order valence-electron chi connectivity index (χ4n) is 4.98. The number of anilines is 3. The zero-order valence-corrected chi connectivity index (χ0v) is 21.6. The summed E-state index contributed by atoms with van der Waals surface area (Å²) in [6, 6.07) is 17.5. The second-order valence-corrected chi connectivity index (χ2v) is 11.6. The number of benzene rings is 3. The largest absolute Gasteiger partial charge is 0.447 e. The molecule has 0 fully saturated rings. The van der Waals surface area contributed by atoms with E-state index in [1.807, 2.05) is 6.07 Å². The Bertz CT molecular complexity index is 1500. The summed E-state index contributed by atoms with van der Waals surface area (Å²) >= 11 is 1.76. The number of aryl methyl sites for hydroxylation is 4. The number of ether oxygens (including phenoxy) is 1. The van der Waals surface area contributed by atoms with Gasteiger partial charge in [0.25, 0.3) is 0 Å². The number of hydrogen-bond acceptors (Lipinski definition) is 4. The van der Waals surface area contributed by atoms with E-state index < -0.39 is 0 Å². The lowest BCUT2D eigenvalue weighted by atomic mass is 9.84. The third-order valence-corrected chi connectivity index (χ3v) is 7.89. The van der Waals surface area contributed by atoms with E-state index in [-0.39, 0.29) is 5.41 Å². The molecule has 1 aliphatic heterocycles. The van der Waals surface area contributed by atoms with Gasteiger partial charge in [0.1, 0.15) is 10.6 Å². The summed E-state index contributed by atoms with van der Waals surface area (Å²) in [5.41, 5.74) is 8.31. The Balaban J connectivity index is 1.69. The van der Waals surface area contributed by atoms with Crippen molar-refractivity contribution in [3.63, 3.8) is 0 Å². The zero-order chi connectivity index (χ0) is 23.9. The number of furan rings is 1. The fraction of sp³-hybridized carbons (Fsp3) is 0.267. The van der Waals surface area contributed by atoms with E-state index in [2.05, 4.69) is 95.8 Å². The molecule has 5 aromatic rings. The zero-order valence-electron chi connectivity index (χ0n) is 20.8. The Morgan fingerprint density at radius 2 is 1.41 bits per heavy atom. The maximum atomic E-state index is 6.68. The van der Waals surface area contributed by atoms with Gasteiger partial charge in [0.15, 0.2) is 11.5 Å². The van der Waals surface area contributed by atoms with Gasteiger partial charge in [-0.05, 0) is 74.1 Å². The van der Waals surface area contributed by atoms with Crippen molar-refractivity contribution in [2.75, 3.05) is 4.90 Å². The molecule has 0 spiro atoms. The van der Waals surface area contributed by atoms with Gasteiger partial charge in [0.05, 0.1) is 11.1 Å². The van der Waals surface area contributed by atoms with Gasteiger partial charge in [-0.25, -0.2) is 0 Å². The summed E-state index contributed by atoms with van der Waals surface area (Å²) in [7, 11) is 0. The van der Waals surface area contributed by atoms with E-state index in [0.717, 1.165) is 44.4 Å². The first-order valence-corrected chi connectivity index (χ1v) is 12.6. The Morgan fingerprint density at radius 1 is 0.765 bits per heavy atom. The highest BCUT2D eigenvalue weighted by Crippen LogP contribution is 2.60. The fourth-order valence-corrected chi connectivity index (χ4v) is 6.10. The second-order valence-electron chi connectivity index (χ2n) is 10.6. The van der Waals surface area contributed by atoms with Crippen LogP contribution in [0.1, 0.15) is 48.6 Å². The lowest BCUT2D eigenvalue weighted by Crippen LogP contribution is -2.17. The van der Waals surface area contributed by atoms with Crippen LogP contribution in [-0.2, 0) is 5.41 Å². The number of rotatable bonds is 1. The van der Waals surface area contributed by atoms with Crippen molar-refractivity contribution in [2.45, 2.75) is 53.9 Å². The van der Waals surface area contributed by atoms with Crippen LogP contribution < -0.4 is 9.64 Å². The van der Waals surface area contributed by atoms with E-state index in [4.69, 9.17) is 9.15 Å². The third kappa shape index (κ3) is 3.08. The molecule has 34 heavy (non-hydrogen) atoms. The lowest BCUT2D eigenvalue weighted by molar-refractivity contribution is 0.471. The van der Waals surface area contributed by atoms with Crippen LogP contribution in [0, 0.1) is 27.7 Å². The van der Waals surface area contributed by atoms with Crippen molar-refractivity contribution in [3.8, 4) is 11.5 Å². The molecule has 0 saturated carbocycles. The second kappa shape index (κ2) is 7.13. The third-order valence-electron chi connectivity index (χ3n) is 6.75. The quantitative estimate of drug-likeness (QED) is 0.241. The first-order valence-electron chi connectivity index (χ1n) is 11.8. The van der Waals surface area contributed by atoms with Gasteiger partial charge in [-0.3, -0.25) is 4.90 Å². The molecule has 2 aromatic heterocycles. The maximum absolute atomic E-state index is 6.68. The monoisotopic (exact) mass is 467 g/mol. The van der Waals surface area contributed by atoms with Gasteiger partial charge in [-0.2, -0.15) is 0 Å². The Morgan fingerprint density at radius 3 is 2.09 bits per heavy atom. The van der Waals surface area contributed by atoms with Crippen LogP contribution in [0.2, 0.25) is 0 Å². The Labute approximate surface area is 204 Å². The highest BCUT2D eigenvalue weighted by atomic mass is 32.1. The topological polar surface area (TPSA) is 25.6 Å². The van der Waals surface area contributed by atoms with Crippen molar-refractivity contribution in [1.82, 2.24) is 0 Å². The van der Waals surface area contributed by atoms with Crippen LogP contribution in [0.25, 0.3) is 21.1 Å². The first-order chi connectivity index (χ1) is 16.1. The number of hydrogen-bond donors (Lipinski definition) is 0. The van der Waals surface area contributed by atoms with Crippen LogP contribution in [0.15, 0.2) is 52.9 Å². The van der Waals surface area contributed by atoms with E-state index in [0.29, 0.717) is 0 Å². The first kappa shape index (κ1) is 21.3. The minimum absolute atomic E-state index is 0.0847. The molecule has 3 aromatic carbocycles. The molecule has 1 aliphatic rings. The van der Waals surface area contributed by atoms with Crippen LogP contribution >= 0.6 is 11.3 Å². The molecule has 0 bridgehead atoms. The standard InChI is InChI=1S/C30H29NO2S/c1-16-8-10-23-21(12-16)26-28(32-23)31(25-18(3)14-20(15-19(25)4)30(5,6)7)29-27(33-26)22-13-17(2)9-11-24(22)34-29/h8-15H,1-7H3. The number of thiophene rings is 1. The van der Waals surface area contributed by atoms with Crippen molar-refractivity contribution in [3.05, 3.63) is 76.3 Å². The van der Waals surface area contributed by atoms with Gasteiger partial charge in [0, 0.05) is 10.1 Å². The molecule has 3 nitrogen and oxygen atoms in total. The molecule has 0 aliphatic carbocycles. The highest BCUT2D eigenvalue weighted by Gasteiger charge is 2.36. The van der Waals surface area contributed by atoms with Crippen LogP contribution in [0.4, 0.5) is 16.6 Å². The summed E-state index contributed by atoms with van der Waals surface area (Å²) in [5, 5.41) is 3.23. The molecule has 4 heteroatoms. The normalized spacial score (nSPS) is 13.3. The number of nitrogens with zero attached hydrogens (tertiary/aromatic N) is 1. The summed E-state index contributed by atoms with van der Waals surface area (Å²) in [6.07, 6.45) is 0. The molecule has 0 amide bonds. The molecule has 0 radical (unpaired) electrons. The van der Waals surface area contributed by atoms with Gasteiger partial charge in [-0.1, -0.05) is 56.2 Å². The minimum Gasteiger partial charge on any atom is -0.447 e. The van der Waals surface area contributed by atoms with E-state index in [1.165, 1.54) is 32.5 Å². The van der Waals surface area contributed by atoms with Crippen molar-refractivity contribution in [2.24, 2.45) is 0 Å². The van der Waals surface area contributed by atoms with Gasteiger partial charge in [-0.15, -0.1) is 11.3 Å². The SMILES string of the molecule is Cc1ccc2oc3c(c2c1)Oc1c(sc2ccc(C)cc12)N3c1c(C)cc(C(C)(C)C)cc1C. The van der Waals surface area contributed by atoms with E-state index in [1.54, 1.807) is 11.3 Å². The summed E-state index contributed by atoms with van der Waals surface area (Å²) < 4.78 is 14.4. The maximum Gasteiger partial charge on any atom is 0.250 e. The molecule has 0 atom stereocenters. The summed E-state index contributed by atoms with van der Waals surface area (Å²) in [4.78, 5) is 2.29. The Hall–Kier alpha value is -3.24. The van der Waals surface area contributed by atoms with Gasteiger partial charge < -0.3 is 9.15 Å². The van der Waals surface area contributed by atoms with Gasteiger partial charge in [0.2, 0.25) is 5.88 Å². The van der Waals surface area contributed by atoms with Crippen molar-refractivity contribution in [1.29, 1.82) is 0 Å². The molecule has 0 N–H and O–H groups in total. The van der Waals surface area contributed by atoms with Crippen LogP contribution in [-0.4, -0.2) is 0 Å². The van der Waals surface area contributed by atoms with Gasteiger partial charge >= 0.3 is 0 Å². The van der Waals surface area contributed by atoms with Crippen molar-refractivity contribution < 1.29 is 9.15 Å². The predicted octanol–water partition coefficient (Wildman–Crippen LogP) is 9.75. The van der Waals surface area contributed by atoms with Crippen LogP contribution in [0.3, 0.4) is 0 Å². The van der Waals surface area contributed by atoms with E-state index in [9.17, 15) is 0 Å².